The van der Waals surface area contributed by atoms with Crippen molar-refractivity contribution in [1.29, 1.82) is 0 Å². The van der Waals surface area contributed by atoms with Crippen molar-refractivity contribution in [1.82, 2.24) is 25.1 Å². The van der Waals surface area contributed by atoms with Gasteiger partial charge in [-0.2, -0.15) is 0 Å². The van der Waals surface area contributed by atoms with Gasteiger partial charge in [0.05, 0.1) is 13.1 Å². The molecule has 208 valence electrons. The number of carbonyl (C=O) groups is 3. The fourth-order valence-corrected chi connectivity index (χ4v) is 5.59. The van der Waals surface area contributed by atoms with Gasteiger partial charge in [-0.05, 0) is 48.2 Å². The third kappa shape index (κ3) is 5.65. The Morgan fingerprint density at radius 2 is 1.70 bits per heavy atom. The Morgan fingerprint density at radius 1 is 0.975 bits per heavy atom. The lowest BCUT2D eigenvalue weighted by Gasteiger charge is -2.54. The van der Waals surface area contributed by atoms with Gasteiger partial charge in [0.1, 0.15) is 18.0 Å². The monoisotopic (exact) mass is 541 g/mol. The molecule has 0 unspecified atom stereocenters. The minimum atomic E-state index is -0.792. The smallest absolute Gasteiger partial charge is 0.334 e. The van der Waals surface area contributed by atoms with E-state index in [0.29, 0.717) is 13.1 Å². The van der Waals surface area contributed by atoms with Crippen molar-refractivity contribution >= 4 is 17.8 Å². The Kier molecular flexibility index (Phi) is 7.75. The van der Waals surface area contributed by atoms with Gasteiger partial charge in [-0.1, -0.05) is 66.2 Å². The molecule has 0 saturated carbocycles. The lowest BCUT2D eigenvalue weighted by molar-refractivity contribution is -0.187. The van der Waals surface area contributed by atoms with Gasteiger partial charge in [0, 0.05) is 26.6 Å². The lowest BCUT2D eigenvalue weighted by Crippen LogP contribution is -2.76. The topological polar surface area (TPSA) is 96.4 Å². The third-order valence-electron chi connectivity index (χ3n) is 7.66. The van der Waals surface area contributed by atoms with Crippen molar-refractivity contribution in [2.75, 3.05) is 20.1 Å². The zero-order valence-corrected chi connectivity index (χ0v) is 23.1. The van der Waals surface area contributed by atoms with Crippen LogP contribution in [0.15, 0.2) is 72.8 Å². The molecule has 2 N–H and O–H groups in total. The minimum absolute atomic E-state index is 0.0221. The van der Waals surface area contributed by atoms with Crippen molar-refractivity contribution in [3.8, 4) is 5.75 Å². The van der Waals surface area contributed by atoms with Crippen LogP contribution in [0.25, 0.3) is 0 Å². The highest BCUT2D eigenvalue weighted by Crippen LogP contribution is 2.29. The number of fused-ring (bicyclic) bond motifs is 1. The Morgan fingerprint density at radius 3 is 2.40 bits per heavy atom. The van der Waals surface area contributed by atoms with Crippen LogP contribution in [0.5, 0.6) is 5.75 Å². The van der Waals surface area contributed by atoms with E-state index < -0.39 is 12.2 Å². The number of benzene rings is 3. The van der Waals surface area contributed by atoms with E-state index in [2.05, 4.69) is 11.4 Å². The summed E-state index contributed by atoms with van der Waals surface area (Å²) in [6, 6.07) is 21.3. The summed E-state index contributed by atoms with van der Waals surface area (Å²) >= 11 is 0. The van der Waals surface area contributed by atoms with Crippen LogP contribution in [0.2, 0.25) is 0 Å². The summed E-state index contributed by atoms with van der Waals surface area (Å²) in [5.41, 5.74) is 5.02. The average Bonchev–Trinajstić information content (AvgIpc) is 2.92. The average molecular weight is 542 g/mol. The lowest BCUT2D eigenvalue weighted by atomic mass is 9.97. The van der Waals surface area contributed by atoms with Crippen LogP contribution in [0.4, 0.5) is 4.79 Å². The van der Waals surface area contributed by atoms with E-state index in [1.807, 2.05) is 56.3 Å². The predicted molar refractivity (Wildman–Crippen MR) is 151 cm³/mol. The Labute approximate surface area is 234 Å². The number of piperazine rings is 1. The standard InChI is InChI=1S/C31H35N5O4/c1-21-9-12-25(22(2)15-21)18-34-19-28-35(27(30(34)39)16-23-10-13-26(37)14-11-23)29(38)20-33(3)36(28)31(40)32-17-24-7-5-4-6-8-24/h4-15,27-28,37H,16-20H2,1-3H3,(H,32,40)/t27-,28-/m0/s1. The number of phenols is 1. The zero-order chi connectivity index (χ0) is 28.4. The largest absolute Gasteiger partial charge is 0.508 e. The van der Waals surface area contributed by atoms with Crippen molar-refractivity contribution in [3.05, 3.63) is 101 Å². The number of carbonyl (C=O) groups excluding carboxylic acids is 3. The molecule has 0 aromatic heterocycles. The summed E-state index contributed by atoms with van der Waals surface area (Å²) < 4.78 is 0. The van der Waals surface area contributed by atoms with Crippen molar-refractivity contribution < 1.29 is 19.5 Å². The Balaban J connectivity index is 1.47. The molecule has 0 bridgehead atoms. The third-order valence-corrected chi connectivity index (χ3v) is 7.66. The molecule has 5 rings (SSSR count). The maximum absolute atomic E-state index is 14.0. The predicted octanol–water partition coefficient (Wildman–Crippen LogP) is 3.19. The molecule has 0 radical (unpaired) electrons. The van der Waals surface area contributed by atoms with E-state index in [1.165, 1.54) is 0 Å². The van der Waals surface area contributed by atoms with Crippen LogP contribution in [0, 0.1) is 13.8 Å². The molecule has 2 aliphatic heterocycles. The maximum Gasteiger partial charge on any atom is 0.334 e. The van der Waals surface area contributed by atoms with Gasteiger partial charge in [0.25, 0.3) is 0 Å². The number of rotatable bonds is 6. The van der Waals surface area contributed by atoms with Gasteiger partial charge in [-0.3, -0.25) is 9.59 Å². The molecule has 2 saturated heterocycles. The number of likely N-dealkylation sites (N-methyl/N-ethyl adjacent to an activating group) is 1. The quantitative estimate of drug-likeness (QED) is 0.500. The molecule has 2 aliphatic rings. The number of aryl methyl sites for hydroxylation is 2. The van der Waals surface area contributed by atoms with Gasteiger partial charge < -0.3 is 20.2 Å². The molecule has 4 amide bonds. The first-order valence-electron chi connectivity index (χ1n) is 13.5. The fraction of sp³-hybridized carbons (Fsp3) is 0.323. The SMILES string of the molecule is Cc1ccc(CN2C[C@H]3N(C(=O)CN(C)N3C(=O)NCc3ccccc3)[C@@H](Cc3ccc(O)cc3)C2=O)c(C)c1. The number of hydrogen-bond donors (Lipinski definition) is 2. The molecule has 2 fully saturated rings. The first kappa shape index (κ1) is 27.2. The van der Waals surface area contributed by atoms with Gasteiger partial charge >= 0.3 is 6.03 Å². The second kappa shape index (κ2) is 11.4. The number of amides is 4. The van der Waals surface area contributed by atoms with E-state index in [9.17, 15) is 19.5 Å². The summed E-state index contributed by atoms with van der Waals surface area (Å²) in [5.74, 6) is -0.236. The Hall–Kier alpha value is -4.37. The molecular weight excluding hydrogens is 506 g/mol. The van der Waals surface area contributed by atoms with Crippen LogP contribution in [-0.4, -0.2) is 75.1 Å². The van der Waals surface area contributed by atoms with Crippen molar-refractivity contribution in [3.63, 3.8) is 0 Å². The first-order chi connectivity index (χ1) is 19.2. The van der Waals surface area contributed by atoms with Crippen LogP contribution >= 0.6 is 0 Å². The van der Waals surface area contributed by atoms with Crippen molar-refractivity contribution in [2.45, 2.75) is 45.6 Å². The van der Waals surface area contributed by atoms with Gasteiger partial charge in [0.2, 0.25) is 11.8 Å². The zero-order valence-electron chi connectivity index (χ0n) is 23.1. The van der Waals surface area contributed by atoms with Gasteiger partial charge in [-0.25, -0.2) is 14.8 Å². The van der Waals surface area contributed by atoms with Gasteiger partial charge in [0.15, 0.2) is 0 Å². The maximum atomic E-state index is 14.0. The van der Waals surface area contributed by atoms with Crippen LogP contribution < -0.4 is 5.32 Å². The number of aromatic hydroxyl groups is 1. The Bertz CT molecular complexity index is 1390. The molecular formula is C31H35N5O4. The number of nitrogens with zero attached hydrogens (tertiary/aromatic N) is 4. The molecule has 2 heterocycles. The van der Waals surface area contributed by atoms with Crippen LogP contribution in [0.1, 0.15) is 27.8 Å². The second-order valence-electron chi connectivity index (χ2n) is 10.6. The molecule has 2 atom stereocenters. The normalized spacial score (nSPS) is 19.5. The van der Waals surface area contributed by atoms with Gasteiger partial charge in [-0.15, -0.1) is 0 Å². The van der Waals surface area contributed by atoms with Crippen LogP contribution in [0.3, 0.4) is 0 Å². The molecule has 3 aromatic rings. The molecule has 0 aliphatic carbocycles. The number of urea groups is 1. The number of phenolic OH excluding ortho intramolecular Hbond substituents is 1. The number of hydrazine groups is 1. The van der Waals surface area contributed by atoms with E-state index in [4.69, 9.17) is 0 Å². The van der Waals surface area contributed by atoms with Crippen molar-refractivity contribution in [2.24, 2.45) is 0 Å². The molecule has 9 heteroatoms. The highest BCUT2D eigenvalue weighted by Gasteiger charge is 2.50. The first-order valence-corrected chi connectivity index (χ1v) is 13.5. The minimum Gasteiger partial charge on any atom is -0.508 e. The second-order valence-corrected chi connectivity index (χ2v) is 10.6. The van der Waals surface area contributed by atoms with E-state index >= 15 is 0 Å². The van der Waals surface area contributed by atoms with E-state index in [1.54, 1.807) is 51.1 Å². The summed E-state index contributed by atoms with van der Waals surface area (Å²) in [7, 11) is 1.72. The molecule has 0 spiro atoms. The molecule has 3 aromatic carbocycles. The summed E-state index contributed by atoms with van der Waals surface area (Å²) in [4.78, 5) is 44.4. The summed E-state index contributed by atoms with van der Waals surface area (Å²) in [6.45, 7) is 4.94. The van der Waals surface area contributed by atoms with Crippen LogP contribution in [-0.2, 0) is 29.1 Å². The van der Waals surface area contributed by atoms with E-state index in [-0.39, 0.29) is 43.1 Å². The number of hydrogen-bond acceptors (Lipinski definition) is 5. The summed E-state index contributed by atoms with van der Waals surface area (Å²) in [6.07, 6.45) is -0.402. The molecule has 9 nitrogen and oxygen atoms in total. The highest BCUT2D eigenvalue weighted by atomic mass is 16.3. The highest BCUT2D eigenvalue weighted by molar-refractivity contribution is 5.91. The molecule has 40 heavy (non-hydrogen) atoms. The van der Waals surface area contributed by atoms with E-state index in [0.717, 1.165) is 27.8 Å². The fourth-order valence-electron chi connectivity index (χ4n) is 5.59. The summed E-state index contributed by atoms with van der Waals surface area (Å²) in [5, 5.41) is 15.9. The number of nitrogens with one attached hydrogen (secondary N) is 1.